The van der Waals surface area contributed by atoms with E-state index in [2.05, 4.69) is 0 Å². The highest BCUT2D eigenvalue weighted by molar-refractivity contribution is 5.94. The number of amides is 1. The first-order chi connectivity index (χ1) is 9.02. The van der Waals surface area contributed by atoms with Crippen molar-refractivity contribution in [3.8, 4) is 0 Å². The maximum absolute atomic E-state index is 13.6. The molecule has 1 saturated carbocycles. The van der Waals surface area contributed by atoms with Gasteiger partial charge in [-0.1, -0.05) is 18.9 Å². The van der Waals surface area contributed by atoms with Crippen LogP contribution in [0.2, 0.25) is 0 Å². The van der Waals surface area contributed by atoms with Crippen molar-refractivity contribution in [3.63, 3.8) is 0 Å². The van der Waals surface area contributed by atoms with Gasteiger partial charge in [-0.05, 0) is 25.0 Å². The van der Waals surface area contributed by atoms with Crippen molar-refractivity contribution in [3.05, 3.63) is 35.4 Å². The summed E-state index contributed by atoms with van der Waals surface area (Å²) in [6.45, 7) is 0. The number of hydrogen-bond acceptors (Lipinski definition) is 2. The molecule has 1 aromatic carbocycles. The molecule has 19 heavy (non-hydrogen) atoms. The second-order valence-electron chi connectivity index (χ2n) is 5.03. The lowest BCUT2D eigenvalue weighted by Crippen LogP contribution is -2.50. The van der Waals surface area contributed by atoms with Gasteiger partial charge in [0.15, 0.2) is 11.6 Å². The van der Waals surface area contributed by atoms with Crippen LogP contribution < -0.4 is 5.73 Å². The van der Waals surface area contributed by atoms with E-state index in [1.165, 1.54) is 17.0 Å². The molecule has 2 atom stereocenters. The highest BCUT2D eigenvalue weighted by Gasteiger charge is 2.30. The Kier molecular flexibility index (Phi) is 4.14. The van der Waals surface area contributed by atoms with Crippen LogP contribution in [0, 0.1) is 11.6 Å². The van der Waals surface area contributed by atoms with Crippen LogP contribution >= 0.6 is 0 Å². The molecule has 2 N–H and O–H groups in total. The zero-order valence-corrected chi connectivity index (χ0v) is 10.9. The summed E-state index contributed by atoms with van der Waals surface area (Å²) >= 11 is 0. The minimum absolute atomic E-state index is 0.0979. The fourth-order valence-electron chi connectivity index (χ4n) is 2.63. The zero-order valence-electron chi connectivity index (χ0n) is 10.9. The molecule has 0 aromatic heterocycles. The fraction of sp³-hybridized carbons (Fsp3) is 0.500. The molecular formula is C14H18F2N2O. The number of carbonyl (C=O) groups is 1. The quantitative estimate of drug-likeness (QED) is 0.894. The molecule has 1 aliphatic rings. The first kappa shape index (κ1) is 13.9. The minimum atomic E-state index is -1.09. The number of likely N-dealkylation sites (N-methyl/N-ethyl adjacent to an activating group) is 1. The van der Waals surface area contributed by atoms with E-state index in [1.807, 2.05) is 0 Å². The predicted octanol–water partition coefficient (Wildman–Crippen LogP) is 2.31. The molecule has 5 heteroatoms. The Morgan fingerprint density at radius 2 is 2.00 bits per heavy atom. The summed E-state index contributed by atoms with van der Waals surface area (Å²) in [6, 6.07) is 3.42. The molecular weight excluding hydrogens is 250 g/mol. The number of carbonyl (C=O) groups excluding carboxylic acids is 1. The Bertz CT molecular complexity index is 479. The summed E-state index contributed by atoms with van der Waals surface area (Å²) in [7, 11) is 1.60. The van der Waals surface area contributed by atoms with Crippen LogP contribution in [0.15, 0.2) is 18.2 Å². The molecule has 0 bridgehead atoms. The average Bonchev–Trinajstić information content (AvgIpc) is 2.41. The van der Waals surface area contributed by atoms with E-state index in [0.29, 0.717) is 0 Å². The molecule has 1 aromatic rings. The molecule has 0 saturated heterocycles. The fourth-order valence-corrected chi connectivity index (χ4v) is 2.63. The van der Waals surface area contributed by atoms with Crippen LogP contribution in [0.25, 0.3) is 0 Å². The first-order valence-electron chi connectivity index (χ1n) is 6.49. The van der Waals surface area contributed by atoms with Crippen LogP contribution in [0.3, 0.4) is 0 Å². The van der Waals surface area contributed by atoms with E-state index < -0.39 is 17.5 Å². The Balaban J connectivity index is 2.21. The summed E-state index contributed by atoms with van der Waals surface area (Å²) in [5.41, 5.74) is 5.77. The SMILES string of the molecule is CN(C(=O)c1cccc(F)c1F)C1CCCCC1N. The minimum Gasteiger partial charge on any atom is -0.337 e. The van der Waals surface area contributed by atoms with Crippen molar-refractivity contribution >= 4 is 5.91 Å². The van der Waals surface area contributed by atoms with Gasteiger partial charge < -0.3 is 10.6 Å². The molecule has 0 aliphatic heterocycles. The number of rotatable bonds is 2. The van der Waals surface area contributed by atoms with Gasteiger partial charge in [0.1, 0.15) is 0 Å². The summed E-state index contributed by atoms with van der Waals surface area (Å²) in [5.74, 6) is -2.62. The lowest BCUT2D eigenvalue weighted by Gasteiger charge is -2.36. The van der Waals surface area contributed by atoms with Crippen molar-refractivity contribution < 1.29 is 13.6 Å². The second-order valence-corrected chi connectivity index (χ2v) is 5.03. The van der Waals surface area contributed by atoms with E-state index in [0.717, 1.165) is 31.7 Å². The topological polar surface area (TPSA) is 46.3 Å². The van der Waals surface area contributed by atoms with Gasteiger partial charge in [-0.25, -0.2) is 8.78 Å². The molecule has 1 fully saturated rings. The molecule has 0 spiro atoms. The third-order valence-corrected chi connectivity index (χ3v) is 3.78. The zero-order chi connectivity index (χ0) is 14.0. The first-order valence-corrected chi connectivity index (χ1v) is 6.49. The third-order valence-electron chi connectivity index (χ3n) is 3.78. The van der Waals surface area contributed by atoms with Gasteiger partial charge in [0.2, 0.25) is 0 Å². The van der Waals surface area contributed by atoms with Crippen molar-refractivity contribution in [2.45, 2.75) is 37.8 Å². The van der Waals surface area contributed by atoms with Gasteiger partial charge in [0, 0.05) is 19.1 Å². The van der Waals surface area contributed by atoms with Gasteiger partial charge in [0.25, 0.3) is 5.91 Å². The molecule has 2 unspecified atom stereocenters. The smallest absolute Gasteiger partial charge is 0.256 e. The Hall–Kier alpha value is -1.49. The highest BCUT2D eigenvalue weighted by Crippen LogP contribution is 2.23. The number of hydrogen-bond donors (Lipinski definition) is 1. The molecule has 1 aliphatic carbocycles. The molecule has 1 amide bonds. The van der Waals surface area contributed by atoms with E-state index in [1.54, 1.807) is 7.05 Å². The second kappa shape index (κ2) is 5.65. The van der Waals surface area contributed by atoms with Crippen molar-refractivity contribution in [1.82, 2.24) is 4.90 Å². The van der Waals surface area contributed by atoms with E-state index in [4.69, 9.17) is 5.73 Å². The van der Waals surface area contributed by atoms with Crippen LogP contribution in [-0.2, 0) is 0 Å². The van der Waals surface area contributed by atoms with Gasteiger partial charge in [-0.2, -0.15) is 0 Å². The van der Waals surface area contributed by atoms with Crippen LogP contribution in [-0.4, -0.2) is 29.9 Å². The normalized spacial score (nSPS) is 23.2. The largest absolute Gasteiger partial charge is 0.337 e. The average molecular weight is 268 g/mol. The lowest BCUT2D eigenvalue weighted by molar-refractivity contribution is 0.0666. The molecule has 0 radical (unpaired) electrons. The van der Waals surface area contributed by atoms with Crippen LogP contribution in [0.5, 0.6) is 0 Å². The highest BCUT2D eigenvalue weighted by atomic mass is 19.2. The van der Waals surface area contributed by atoms with Gasteiger partial charge in [-0.3, -0.25) is 4.79 Å². The molecule has 0 heterocycles. The van der Waals surface area contributed by atoms with Gasteiger partial charge >= 0.3 is 0 Å². The van der Waals surface area contributed by atoms with Crippen molar-refractivity contribution in [2.24, 2.45) is 5.73 Å². The maximum atomic E-state index is 13.6. The van der Waals surface area contributed by atoms with Crippen LogP contribution in [0.1, 0.15) is 36.0 Å². The Labute approximate surface area is 111 Å². The molecule has 104 valence electrons. The molecule has 2 rings (SSSR count). The standard InChI is InChI=1S/C14H18F2N2O/c1-18(12-8-3-2-7-11(12)17)14(19)9-5-4-6-10(15)13(9)16/h4-6,11-12H,2-3,7-8,17H2,1H3. The van der Waals surface area contributed by atoms with E-state index in [-0.39, 0.29) is 17.6 Å². The summed E-state index contributed by atoms with van der Waals surface area (Å²) in [5, 5.41) is 0. The number of nitrogens with two attached hydrogens (primary N) is 1. The van der Waals surface area contributed by atoms with Gasteiger partial charge in [-0.15, -0.1) is 0 Å². The Morgan fingerprint density at radius 1 is 1.32 bits per heavy atom. The van der Waals surface area contributed by atoms with E-state index >= 15 is 0 Å². The maximum Gasteiger partial charge on any atom is 0.256 e. The summed E-state index contributed by atoms with van der Waals surface area (Å²) < 4.78 is 26.8. The lowest BCUT2D eigenvalue weighted by atomic mass is 9.90. The summed E-state index contributed by atoms with van der Waals surface area (Å²) in [6.07, 6.45) is 3.71. The number of halogens is 2. The third kappa shape index (κ3) is 2.76. The Morgan fingerprint density at radius 3 is 2.68 bits per heavy atom. The monoisotopic (exact) mass is 268 g/mol. The summed E-state index contributed by atoms with van der Waals surface area (Å²) in [4.78, 5) is 13.7. The predicted molar refractivity (Wildman–Crippen MR) is 68.7 cm³/mol. The van der Waals surface area contributed by atoms with Crippen LogP contribution in [0.4, 0.5) is 8.78 Å². The number of benzene rings is 1. The van der Waals surface area contributed by atoms with Gasteiger partial charge in [0.05, 0.1) is 5.56 Å². The molecule has 3 nitrogen and oxygen atoms in total. The van der Waals surface area contributed by atoms with Crippen molar-refractivity contribution in [2.75, 3.05) is 7.05 Å². The number of nitrogens with zero attached hydrogens (tertiary/aromatic N) is 1. The van der Waals surface area contributed by atoms with Crippen molar-refractivity contribution in [1.29, 1.82) is 0 Å². The van der Waals surface area contributed by atoms with E-state index in [9.17, 15) is 13.6 Å².